The lowest BCUT2D eigenvalue weighted by atomic mass is 10.2. The van der Waals surface area contributed by atoms with Crippen molar-refractivity contribution in [2.75, 3.05) is 31.6 Å². The molecule has 1 aromatic rings. The van der Waals surface area contributed by atoms with Gasteiger partial charge in [-0.25, -0.2) is 9.69 Å². The summed E-state index contributed by atoms with van der Waals surface area (Å²) in [4.78, 5) is 27.9. The number of methoxy groups -OCH3 is 1. The van der Waals surface area contributed by atoms with Crippen molar-refractivity contribution in [3.8, 4) is 5.75 Å². The summed E-state index contributed by atoms with van der Waals surface area (Å²) in [6, 6.07) is 6.11. The summed E-state index contributed by atoms with van der Waals surface area (Å²) in [5.41, 5.74) is 0.572. The Labute approximate surface area is 135 Å². The third-order valence-corrected chi connectivity index (χ3v) is 3.99. The number of carbonyl (C=O) groups is 2. The van der Waals surface area contributed by atoms with Crippen LogP contribution in [0.25, 0.3) is 0 Å². The molecule has 1 atom stereocenters. The van der Waals surface area contributed by atoms with Crippen LogP contribution in [0.2, 0.25) is 0 Å². The van der Waals surface area contributed by atoms with E-state index in [9.17, 15) is 9.59 Å². The lowest BCUT2D eigenvalue weighted by molar-refractivity contribution is -0.118. The molecule has 1 unspecified atom stereocenters. The van der Waals surface area contributed by atoms with Gasteiger partial charge in [0, 0.05) is 6.54 Å². The minimum atomic E-state index is -0.447. The average Bonchev–Trinajstić information content (AvgIpc) is 3.09. The molecule has 3 amide bonds. The van der Waals surface area contributed by atoms with Crippen molar-refractivity contribution in [3.63, 3.8) is 0 Å². The second kappa shape index (κ2) is 6.98. The molecule has 0 spiro atoms. The van der Waals surface area contributed by atoms with E-state index in [0.29, 0.717) is 18.0 Å². The minimum absolute atomic E-state index is 0. The first-order valence-corrected chi connectivity index (χ1v) is 7.20. The van der Waals surface area contributed by atoms with Crippen LogP contribution in [0.1, 0.15) is 12.8 Å². The Morgan fingerprint density at radius 3 is 2.41 bits per heavy atom. The van der Waals surface area contributed by atoms with Gasteiger partial charge in [-0.2, -0.15) is 0 Å². The SMILES string of the molecule is COc1ccc(N2C(=O)NC(CN3CCCC3)C2=O)cc1.Cl. The van der Waals surface area contributed by atoms with Gasteiger partial charge in [0.2, 0.25) is 0 Å². The van der Waals surface area contributed by atoms with Crippen molar-refractivity contribution in [1.29, 1.82) is 0 Å². The number of imide groups is 1. The highest BCUT2D eigenvalue weighted by molar-refractivity contribution is 6.21. The molecule has 0 radical (unpaired) electrons. The maximum atomic E-state index is 12.4. The molecule has 3 rings (SSSR count). The first-order chi connectivity index (χ1) is 10.2. The number of halogens is 1. The van der Waals surface area contributed by atoms with Crippen LogP contribution in [0.15, 0.2) is 24.3 Å². The van der Waals surface area contributed by atoms with Crippen molar-refractivity contribution < 1.29 is 14.3 Å². The van der Waals surface area contributed by atoms with Crippen LogP contribution in [-0.4, -0.2) is 49.6 Å². The number of likely N-dealkylation sites (tertiary alicyclic amines) is 1. The van der Waals surface area contributed by atoms with E-state index in [1.807, 2.05) is 0 Å². The van der Waals surface area contributed by atoms with E-state index in [4.69, 9.17) is 4.74 Å². The maximum Gasteiger partial charge on any atom is 0.329 e. The Morgan fingerprint density at radius 1 is 1.18 bits per heavy atom. The van der Waals surface area contributed by atoms with Gasteiger partial charge in [0.15, 0.2) is 0 Å². The number of nitrogens with one attached hydrogen (secondary N) is 1. The van der Waals surface area contributed by atoms with E-state index in [-0.39, 0.29) is 24.3 Å². The van der Waals surface area contributed by atoms with Gasteiger partial charge in [-0.1, -0.05) is 0 Å². The molecule has 2 aliphatic rings. The Bertz CT molecular complexity index is 543. The van der Waals surface area contributed by atoms with E-state index in [1.165, 1.54) is 4.90 Å². The lowest BCUT2D eigenvalue weighted by Crippen LogP contribution is -2.41. The predicted molar refractivity (Wildman–Crippen MR) is 85.7 cm³/mol. The highest BCUT2D eigenvalue weighted by Gasteiger charge is 2.39. The van der Waals surface area contributed by atoms with E-state index in [2.05, 4.69) is 10.2 Å². The zero-order chi connectivity index (χ0) is 14.8. The van der Waals surface area contributed by atoms with Gasteiger partial charge in [0.05, 0.1) is 12.8 Å². The summed E-state index contributed by atoms with van der Waals surface area (Å²) in [7, 11) is 1.58. The van der Waals surface area contributed by atoms with E-state index in [1.54, 1.807) is 31.4 Å². The number of anilines is 1. The molecule has 0 saturated carbocycles. The minimum Gasteiger partial charge on any atom is -0.497 e. The van der Waals surface area contributed by atoms with E-state index < -0.39 is 6.04 Å². The lowest BCUT2D eigenvalue weighted by Gasteiger charge is -2.18. The second-order valence-corrected chi connectivity index (χ2v) is 5.38. The maximum absolute atomic E-state index is 12.4. The van der Waals surface area contributed by atoms with Crippen LogP contribution in [0.4, 0.5) is 10.5 Å². The molecule has 2 saturated heterocycles. The number of hydrogen-bond donors (Lipinski definition) is 1. The van der Waals surface area contributed by atoms with Gasteiger partial charge >= 0.3 is 6.03 Å². The van der Waals surface area contributed by atoms with Crippen molar-refractivity contribution in [1.82, 2.24) is 10.2 Å². The van der Waals surface area contributed by atoms with Crippen LogP contribution in [0.5, 0.6) is 5.75 Å². The number of nitrogens with zero attached hydrogens (tertiary/aromatic N) is 2. The first-order valence-electron chi connectivity index (χ1n) is 7.20. The van der Waals surface area contributed by atoms with Crippen LogP contribution in [-0.2, 0) is 4.79 Å². The summed E-state index contributed by atoms with van der Waals surface area (Å²) >= 11 is 0. The number of amides is 3. The summed E-state index contributed by atoms with van der Waals surface area (Å²) in [5.74, 6) is 0.511. The average molecular weight is 326 g/mol. The molecule has 0 bridgehead atoms. The number of rotatable bonds is 4. The molecule has 2 heterocycles. The molecule has 1 N–H and O–H groups in total. The smallest absolute Gasteiger partial charge is 0.329 e. The van der Waals surface area contributed by atoms with Gasteiger partial charge in [-0.15, -0.1) is 12.4 Å². The molecule has 1 aromatic carbocycles. The highest BCUT2D eigenvalue weighted by atomic mass is 35.5. The topological polar surface area (TPSA) is 61.9 Å². The quantitative estimate of drug-likeness (QED) is 0.855. The summed E-state index contributed by atoms with van der Waals surface area (Å²) < 4.78 is 5.08. The number of benzene rings is 1. The zero-order valence-corrected chi connectivity index (χ0v) is 13.3. The molecule has 22 heavy (non-hydrogen) atoms. The monoisotopic (exact) mass is 325 g/mol. The molecule has 2 aliphatic heterocycles. The fourth-order valence-electron chi connectivity index (χ4n) is 2.85. The number of urea groups is 1. The molecule has 2 fully saturated rings. The Hall–Kier alpha value is -1.79. The third kappa shape index (κ3) is 3.18. The Kier molecular flexibility index (Phi) is 5.26. The highest BCUT2D eigenvalue weighted by Crippen LogP contribution is 2.23. The van der Waals surface area contributed by atoms with Crippen molar-refractivity contribution in [2.24, 2.45) is 0 Å². The Morgan fingerprint density at radius 2 is 1.82 bits per heavy atom. The number of carbonyl (C=O) groups excluding carboxylic acids is 2. The molecule has 6 nitrogen and oxygen atoms in total. The summed E-state index contributed by atoms with van der Waals surface area (Å²) in [5, 5.41) is 2.77. The fourth-order valence-corrected chi connectivity index (χ4v) is 2.85. The van der Waals surface area contributed by atoms with Crippen LogP contribution in [0, 0.1) is 0 Å². The van der Waals surface area contributed by atoms with Crippen molar-refractivity contribution >= 4 is 30.0 Å². The molecular formula is C15H20ClN3O3. The molecule has 7 heteroatoms. The summed E-state index contributed by atoms with van der Waals surface area (Å²) in [6.45, 7) is 2.60. The third-order valence-electron chi connectivity index (χ3n) is 3.99. The Balaban J connectivity index is 0.00000176. The molecule has 120 valence electrons. The van der Waals surface area contributed by atoms with Crippen LogP contribution in [0.3, 0.4) is 0 Å². The zero-order valence-electron chi connectivity index (χ0n) is 12.4. The van der Waals surface area contributed by atoms with Gasteiger partial charge in [0.25, 0.3) is 5.91 Å². The van der Waals surface area contributed by atoms with Crippen molar-refractivity contribution in [3.05, 3.63) is 24.3 Å². The van der Waals surface area contributed by atoms with Gasteiger partial charge in [0.1, 0.15) is 11.8 Å². The van der Waals surface area contributed by atoms with Crippen molar-refractivity contribution in [2.45, 2.75) is 18.9 Å². The van der Waals surface area contributed by atoms with Gasteiger partial charge in [-0.05, 0) is 50.2 Å². The van der Waals surface area contributed by atoms with Crippen LogP contribution < -0.4 is 15.0 Å². The van der Waals surface area contributed by atoms with Gasteiger partial charge < -0.3 is 15.0 Å². The first kappa shape index (κ1) is 16.6. The second-order valence-electron chi connectivity index (χ2n) is 5.38. The fraction of sp³-hybridized carbons (Fsp3) is 0.467. The number of ether oxygens (including phenoxy) is 1. The molecule has 0 aromatic heterocycles. The van der Waals surface area contributed by atoms with Crippen LogP contribution >= 0.6 is 12.4 Å². The molecular weight excluding hydrogens is 306 g/mol. The molecule has 0 aliphatic carbocycles. The summed E-state index contributed by atoms with van der Waals surface area (Å²) in [6.07, 6.45) is 2.33. The standard InChI is InChI=1S/C15H19N3O3.ClH/c1-21-12-6-4-11(5-7-12)18-14(19)13(16-15(18)20)10-17-8-2-3-9-17;/h4-7,13H,2-3,8-10H2,1H3,(H,16,20);1H. The van der Waals surface area contributed by atoms with Gasteiger partial charge in [-0.3, -0.25) is 4.79 Å². The van der Waals surface area contributed by atoms with E-state index >= 15 is 0 Å². The normalized spacial score (nSPS) is 21.7. The van der Waals surface area contributed by atoms with E-state index in [0.717, 1.165) is 25.9 Å². The number of hydrogen-bond acceptors (Lipinski definition) is 4. The predicted octanol–water partition coefficient (Wildman–Crippen LogP) is 1.64. The largest absolute Gasteiger partial charge is 0.497 e.